The van der Waals surface area contributed by atoms with E-state index in [4.69, 9.17) is 0 Å². The Hall–Kier alpha value is -2.04. The zero-order valence-corrected chi connectivity index (χ0v) is 15.1. The van der Waals surface area contributed by atoms with Gasteiger partial charge in [0.05, 0.1) is 6.54 Å². The third-order valence-electron chi connectivity index (χ3n) is 4.23. The van der Waals surface area contributed by atoms with E-state index < -0.39 is 0 Å². The first kappa shape index (κ1) is 18.3. The molecule has 0 radical (unpaired) electrons. The van der Waals surface area contributed by atoms with Crippen molar-refractivity contribution in [1.82, 2.24) is 16.0 Å². The van der Waals surface area contributed by atoms with Crippen LogP contribution >= 0.6 is 0 Å². The number of aliphatic imine (C=N–C) groups is 1. The number of carbonyl (C=O) groups is 1. The maximum Gasteiger partial charge on any atom is 0.251 e. The molecule has 0 spiro atoms. The highest BCUT2D eigenvalue weighted by molar-refractivity contribution is 5.94. The first-order valence-corrected chi connectivity index (χ1v) is 9.06. The lowest BCUT2D eigenvalue weighted by molar-refractivity contribution is 0.0953. The van der Waals surface area contributed by atoms with Crippen LogP contribution in [0.15, 0.2) is 29.3 Å². The van der Waals surface area contributed by atoms with E-state index in [1.807, 2.05) is 24.3 Å². The average molecular weight is 330 g/mol. The van der Waals surface area contributed by atoms with E-state index in [1.165, 1.54) is 6.42 Å². The molecule has 1 amide bonds. The summed E-state index contributed by atoms with van der Waals surface area (Å²) in [4.78, 5) is 16.6. The molecule has 2 rings (SSSR count). The summed E-state index contributed by atoms with van der Waals surface area (Å²) < 4.78 is 0. The zero-order valence-electron chi connectivity index (χ0n) is 15.1. The Bertz CT molecular complexity index is 553. The van der Waals surface area contributed by atoms with Crippen LogP contribution in [0.2, 0.25) is 0 Å². The summed E-state index contributed by atoms with van der Waals surface area (Å²) in [5.74, 6) is 1.60. The average Bonchev–Trinajstić information content (AvgIpc) is 3.28. The number of unbranched alkanes of at least 4 members (excludes halogenated alkanes) is 1. The van der Waals surface area contributed by atoms with Gasteiger partial charge in [0.2, 0.25) is 0 Å². The number of amides is 1. The molecule has 2 unspecified atom stereocenters. The number of guanidine groups is 1. The van der Waals surface area contributed by atoms with E-state index in [-0.39, 0.29) is 5.91 Å². The van der Waals surface area contributed by atoms with Crippen LogP contribution in [-0.2, 0) is 6.54 Å². The molecule has 1 fully saturated rings. The number of hydrogen-bond donors (Lipinski definition) is 3. The van der Waals surface area contributed by atoms with Crippen molar-refractivity contribution < 1.29 is 4.79 Å². The fourth-order valence-corrected chi connectivity index (χ4v) is 2.43. The summed E-state index contributed by atoms with van der Waals surface area (Å²) in [7, 11) is 0. The van der Waals surface area contributed by atoms with Gasteiger partial charge in [-0.2, -0.15) is 0 Å². The largest absolute Gasteiger partial charge is 0.357 e. The molecular formula is C19H30N4O. The smallest absolute Gasteiger partial charge is 0.251 e. The summed E-state index contributed by atoms with van der Waals surface area (Å²) in [5.41, 5.74) is 1.80. The monoisotopic (exact) mass is 330 g/mol. The van der Waals surface area contributed by atoms with Gasteiger partial charge in [-0.1, -0.05) is 32.4 Å². The molecule has 1 aromatic rings. The minimum Gasteiger partial charge on any atom is -0.357 e. The third kappa shape index (κ3) is 5.87. The highest BCUT2D eigenvalue weighted by Crippen LogP contribution is 2.28. The van der Waals surface area contributed by atoms with Gasteiger partial charge >= 0.3 is 0 Å². The topological polar surface area (TPSA) is 65.5 Å². The van der Waals surface area contributed by atoms with Crippen molar-refractivity contribution in [2.24, 2.45) is 10.9 Å². The Morgan fingerprint density at radius 1 is 1.21 bits per heavy atom. The summed E-state index contributed by atoms with van der Waals surface area (Å²) in [6.45, 7) is 8.61. The Morgan fingerprint density at radius 2 is 1.92 bits per heavy atom. The molecule has 0 saturated heterocycles. The number of nitrogens with zero attached hydrogens (tertiary/aromatic N) is 1. The Balaban J connectivity index is 1.87. The fraction of sp³-hybridized carbons (Fsp3) is 0.579. The predicted molar refractivity (Wildman–Crippen MR) is 99.2 cm³/mol. The molecular weight excluding hydrogens is 300 g/mol. The van der Waals surface area contributed by atoms with Crippen molar-refractivity contribution in [3.05, 3.63) is 35.4 Å². The highest BCUT2D eigenvalue weighted by atomic mass is 16.1. The minimum atomic E-state index is -0.00349. The van der Waals surface area contributed by atoms with Crippen molar-refractivity contribution in [3.8, 4) is 0 Å². The van der Waals surface area contributed by atoms with Crippen molar-refractivity contribution in [3.63, 3.8) is 0 Å². The Morgan fingerprint density at radius 3 is 2.50 bits per heavy atom. The number of benzene rings is 1. The van der Waals surface area contributed by atoms with Crippen LogP contribution in [0, 0.1) is 5.92 Å². The molecule has 0 heterocycles. The van der Waals surface area contributed by atoms with Crippen molar-refractivity contribution in [2.75, 3.05) is 13.1 Å². The van der Waals surface area contributed by atoms with Gasteiger partial charge in [-0.05, 0) is 43.4 Å². The first-order valence-electron chi connectivity index (χ1n) is 9.06. The number of hydrogen-bond acceptors (Lipinski definition) is 2. The molecule has 132 valence electrons. The van der Waals surface area contributed by atoms with Crippen LogP contribution in [0.5, 0.6) is 0 Å². The summed E-state index contributed by atoms with van der Waals surface area (Å²) >= 11 is 0. The van der Waals surface area contributed by atoms with E-state index in [0.29, 0.717) is 18.2 Å². The van der Waals surface area contributed by atoms with Crippen LogP contribution in [0.3, 0.4) is 0 Å². The zero-order chi connectivity index (χ0) is 17.4. The van der Waals surface area contributed by atoms with Crippen LogP contribution < -0.4 is 16.0 Å². The molecule has 0 aromatic heterocycles. The van der Waals surface area contributed by atoms with Gasteiger partial charge < -0.3 is 16.0 Å². The highest BCUT2D eigenvalue weighted by Gasteiger charge is 2.33. The number of nitrogens with one attached hydrogen (secondary N) is 3. The van der Waals surface area contributed by atoms with Gasteiger partial charge in [0.15, 0.2) is 5.96 Å². The molecule has 0 bridgehead atoms. The molecule has 1 aliphatic carbocycles. The van der Waals surface area contributed by atoms with Crippen molar-refractivity contribution >= 4 is 11.9 Å². The summed E-state index contributed by atoms with van der Waals surface area (Å²) in [6, 6.07) is 8.24. The van der Waals surface area contributed by atoms with Crippen LogP contribution in [-0.4, -0.2) is 31.0 Å². The van der Waals surface area contributed by atoms with Crippen LogP contribution in [0.1, 0.15) is 56.0 Å². The van der Waals surface area contributed by atoms with Gasteiger partial charge in [0.1, 0.15) is 0 Å². The second-order valence-electron chi connectivity index (χ2n) is 6.47. The lowest BCUT2D eigenvalue weighted by Gasteiger charge is -2.11. The minimum absolute atomic E-state index is 0.00349. The molecule has 5 heteroatoms. The molecule has 0 aliphatic heterocycles. The predicted octanol–water partition coefficient (Wildman–Crippen LogP) is 2.68. The quantitative estimate of drug-likeness (QED) is 0.390. The molecule has 5 nitrogen and oxygen atoms in total. The standard InChI is InChI=1S/C19H30N4O/c1-4-6-11-21-18(24)16-9-7-15(8-10-16)13-22-19(20-5-2)23-17-12-14(17)3/h7-10,14,17H,4-6,11-13H2,1-3H3,(H,21,24)(H2,20,22,23). The third-order valence-corrected chi connectivity index (χ3v) is 4.23. The second-order valence-corrected chi connectivity index (χ2v) is 6.47. The van der Waals surface area contributed by atoms with E-state index >= 15 is 0 Å². The molecule has 24 heavy (non-hydrogen) atoms. The second kappa shape index (κ2) is 9.30. The summed E-state index contributed by atoms with van der Waals surface area (Å²) in [5, 5.41) is 9.66. The Kier molecular flexibility index (Phi) is 7.09. The maximum atomic E-state index is 12.0. The maximum absolute atomic E-state index is 12.0. The van der Waals surface area contributed by atoms with Crippen LogP contribution in [0.25, 0.3) is 0 Å². The van der Waals surface area contributed by atoms with Crippen LogP contribution in [0.4, 0.5) is 0 Å². The van der Waals surface area contributed by atoms with E-state index in [9.17, 15) is 4.79 Å². The summed E-state index contributed by atoms with van der Waals surface area (Å²) in [6.07, 6.45) is 3.31. The fourth-order valence-electron chi connectivity index (χ4n) is 2.43. The van der Waals surface area contributed by atoms with Gasteiger partial charge in [0, 0.05) is 24.7 Å². The SMILES string of the molecule is CCCCNC(=O)c1ccc(CN=C(NCC)NC2CC2C)cc1. The first-order chi connectivity index (χ1) is 11.6. The number of rotatable bonds is 8. The Labute approximate surface area is 145 Å². The van der Waals surface area contributed by atoms with E-state index in [1.54, 1.807) is 0 Å². The molecule has 2 atom stereocenters. The van der Waals surface area contributed by atoms with Crippen molar-refractivity contribution in [1.29, 1.82) is 0 Å². The molecule has 1 saturated carbocycles. The van der Waals surface area contributed by atoms with Gasteiger partial charge in [0.25, 0.3) is 5.91 Å². The van der Waals surface area contributed by atoms with E-state index in [2.05, 4.69) is 41.7 Å². The molecule has 1 aromatic carbocycles. The van der Waals surface area contributed by atoms with Crippen molar-refractivity contribution in [2.45, 2.75) is 52.6 Å². The van der Waals surface area contributed by atoms with Gasteiger partial charge in [-0.3, -0.25) is 4.79 Å². The van der Waals surface area contributed by atoms with Gasteiger partial charge in [-0.25, -0.2) is 4.99 Å². The van der Waals surface area contributed by atoms with Gasteiger partial charge in [-0.15, -0.1) is 0 Å². The number of carbonyl (C=O) groups excluding carboxylic acids is 1. The lowest BCUT2D eigenvalue weighted by Crippen LogP contribution is -2.39. The molecule has 3 N–H and O–H groups in total. The normalized spacial score (nSPS) is 19.7. The van der Waals surface area contributed by atoms with E-state index in [0.717, 1.165) is 43.4 Å². The lowest BCUT2D eigenvalue weighted by atomic mass is 10.1. The molecule has 1 aliphatic rings.